The third kappa shape index (κ3) is 4.99. The second-order valence-electron chi connectivity index (χ2n) is 6.66. The average molecular weight is 389 g/mol. The molecule has 2 aromatic carbocycles. The molecular formula is C23H23N3O3. The lowest BCUT2D eigenvalue weighted by molar-refractivity contribution is 0.0945. The van der Waals surface area contributed by atoms with E-state index in [0.29, 0.717) is 6.54 Å². The van der Waals surface area contributed by atoms with Crippen molar-refractivity contribution in [2.24, 2.45) is 0 Å². The van der Waals surface area contributed by atoms with E-state index in [9.17, 15) is 9.59 Å². The Morgan fingerprint density at radius 2 is 1.45 bits per heavy atom. The number of benzene rings is 2. The normalized spacial score (nSPS) is 10.3. The third-order valence-electron chi connectivity index (χ3n) is 4.55. The zero-order chi connectivity index (χ0) is 20.8. The highest BCUT2D eigenvalue weighted by Crippen LogP contribution is 2.20. The van der Waals surface area contributed by atoms with Crippen molar-refractivity contribution in [2.45, 2.75) is 20.4 Å². The first kappa shape index (κ1) is 20.1. The van der Waals surface area contributed by atoms with Crippen LogP contribution in [0.1, 0.15) is 37.7 Å². The number of nitrogens with zero attached hydrogens (tertiary/aromatic N) is 1. The van der Waals surface area contributed by atoms with Crippen LogP contribution in [0.25, 0.3) is 0 Å². The van der Waals surface area contributed by atoms with Crippen molar-refractivity contribution in [3.63, 3.8) is 0 Å². The molecule has 0 unspecified atom stereocenters. The van der Waals surface area contributed by atoms with E-state index in [1.54, 1.807) is 25.3 Å². The van der Waals surface area contributed by atoms with Crippen LogP contribution >= 0.6 is 0 Å². The van der Waals surface area contributed by atoms with Crippen LogP contribution in [-0.4, -0.2) is 23.9 Å². The largest absolute Gasteiger partial charge is 0.497 e. The summed E-state index contributed by atoms with van der Waals surface area (Å²) < 4.78 is 5.12. The lowest BCUT2D eigenvalue weighted by Gasteiger charge is -2.11. The fourth-order valence-electron chi connectivity index (χ4n) is 2.89. The van der Waals surface area contributed by atoms with Crippen LogP contribution in [-0.2, 0) is 6.54 Å². The van der Waals surface area contributed by atoms with Crippen molar-refractivity contribution >= 4 is 17.5 Å². The molecule has 0 aliphatic heterocycles. The van der Waals surface area contributed by atoms with Crippen molar-refractivity contribution in [3.05, 3.63) is 88.7 Å². The topological polar surface area (TPSA) is 80.3 Å². The van der Waals surface area contributed by atoms with Crippen LogP contribution in [0.4, 0.5) is 5.69 Å². The molecule has 3 rings (SSSR count). The first-order valence-corrected chi connectivity index (χ1v) is 9.23. The SMILES string of the molecule is COc1ccc(CNC(=O)c2cccc(C(=O)Nc3c(C)cccc3C)n2)cc1. The standard InChI is InChI=1S/C23H23N3O3/c1-15-6-4-7-16(2)21(15)26-23(28)20-9-5-8-19(25-20)22(27)24-14-17-10-12-18(29-3)13-11-17/h4-13H,14H2,1-3H3,(H,24,27)(H,26,28). The van der Waals surface area contributed by atoms with Crippen molar-refractivity contribution < 1.29 is 14.3 Å². The Hall–Kier alpha value is -3.67. The zero-order valence-corrected chi connectivity index (χ0v) is 16.7. The molecule has 6 nitrogen and oxygen atoms in total. The maximum absolute atomic E-state index is 12.6. The second kappa shape index (κ2) is 9.01. The molecule has 0 spiro atoms. The van der Waals surface area contributed by atoms with Gasteiger partial charge < -0.3 is 15.4 Å². The Balaban J connectivity index is 1.67. The molecule has 0 atom stereocenters. The predicted molar refractivity (Wildman–Crippen MR) is 112 cm³/mol. The quantitative estimate of drug-likeness (QED) is 0.670. The van der Waals surface area contributed by atoms with Gasteiger partial charge in [0, 0.05) is 12.2 Å². The number of nitrogens with one attached hydrogen (secondary N) is 2. The van der Waals surface area contributed by atoms with Gasteiger partial charge in [0.1, 0.15) is 17.1 Å². The van der Waals surface area contributed by atoms with Gasteiger partial charge in [0.15, 0.2) is 0 Å². The highest BCUT2D eigenvalue weighted by atomic mass is 16.5. The molecule has 0 saturated heterocycles. The van der Waals surface area contributed by atoms with Gasteiger partial charge >= 0.3 is 0 Å². The highest BCUT2D eigenvalue weighted by molar-refractivity contribution is 6.04. The van der Waals surface area contributed by atoms with Crippen LogP contribution in [0.2, 0.25) is 0 Å². The van der Waals surface area contributed by atoms with Gasteiger partial charge in [0.05, 0.1) is 7.11 Å². The van der Waals surface area contributed by atoms with Crippen molar-refractivity contribution in [3.8, 4) is 5.75 Å². The molecule has 0 saturated carbocycles. The number of amides is 2. The Labute approximate surface area is 169 Å². The molecular weight excluding hydrogens is 366 g/mol. The van der Waals surface area contributed by atoms with Crippen molar-refractivity contribution in [2.75, 3.05) is 12.4 Å². The summed E-state index contributed by atoms with van der Waals surface area (Å²) in [5.74, 6) is 0.0547. The molecule has 0 aliphatic carbocycles. The lowest BCUT2D eigenvalue weighted by Crippen LogP contribution is -2.25. The Kier molecular flexibility index (Phi) is 6.24. The maximum atomic E-state index is 12.6. The number of aromatic nitrogens is 1. The van der Waals surface area contributed by atoms with Crippen LogP contribution in [0.5, 0.6) is 5.75 Å². The van der Waals surface area contributed by atoms with Crippen molar-refractivity contribution in [1.29, 1.82) is 0 Å². The van der Waals surface area contributed by atoms with E-state index in [0.717, 1.165) is 28.1 Å². The van der Waals surface area contributed by atoms with E-state index in [4.69, 9.17) is 4.74 Å². The molecule has 0 aliphatic rings. The van der Waals surface area contributed by atoms with Crippen LogP contribution in [0.3, 0.4) is 0 Å². The Morgan fingerprint density at radius 3 is 2.07 bits per heavy atom. The second-order valence-corrected chi connectivity index (χ2v) is 6.66. The monoisotopic (exact) mass is 389 g/mol. The predicted octanol–water partition coefficient (Wildman–Crippen LogP) is 3.89. The van der Waals surface area contributed by atoms with E-state index >= 15 is 0 Å². The Bertz CT molecular complexity index is 1010. The van der Waals surface area contributed by atoms with Crippen LogP contribution < -0.4 is 15.4 Å². The summed E-state index contributed by atoms with van der Waals surface area (Å²) in [6.45, 7) is 4.21. The first-order valence-electron chi connectivity index (χ1n) is 9.23. The molecule has 1 aromatic heterocycles. The number of carbonyl (C=O) groups excluding carboxylic acids is 2. The summed E-state index contributed by atoms with van der Waals surface area (Å²) in [6.07, 6.45) is 0. The molecule has 1 heterocycles. The number of aryl methyl sites for hydroxylation is 2. The number of ether oxygens (including phenoxy) is 1. The summed E-state index contributed by atoms with van der Waals surface area (Å²) in [6, 6.07) is 18.0. The minimum atomic E-state index is -0.354. The fourth-order valence-corrected chi connectivity index (χ4v) is 2.89. The number of pyridine rings is 1. The van der Waals surface area contributed by atoms with Gasteiger partial charge in [-0.15, -0.1) is 0 Å². The van der Waals surface area contributed by atoms with Crippen LogP contribution in [0.15, 0.2) is 60.7 Å². The van der Waals surface area contributed by atoms with E-state index in [-0.39, 0.29) is 23.2 Å². The summed E-state index contributed by atoms with van der Waals surface area (Å²) in [5.41, 5.74) is 3.99. The van der Waals surface area contributed by atoms with Gasteiger partial charge in [0.25, 0.3) is 11.8 Å². The number of hydrogen-bond acceptors (Lipinski definition) is 4. The zero-order valence-electron chi connectivity index (χ0n) is 16.7. The van der Waals surface area contributed by atoms with E-state index in [2.05, 4.69) is 15.6 Å². The lowest BCUT2D eigenvalue weighted by atomic mass is 10.1. The van der Waals surface area contributed by atoms with E-state index < -0.39 is 0 Å². The summed E-state index contributed by atoms with van der Waals surface area (Å²) in [4.78, 5) is 29.3. The Morgan fingerprint density at radius 1 is 0.862 bits per heavy atom. The van der Waals surface area contributed by atoms with Gasteiger partial charge in [-0.25, -0.2) is 4.98 Å². The van der Waals surface area contributed by atoms with Crippen LogP contribution in [0, 0.1) is 13.8 Å². The minimum Gasteiger partial charge on any atom is -0.497 e. The number of methoxy groups -OCH3 is 1. The molecule has 2 N–H and O–H groups in total. The van der Waals surface area contributed by atoms with Gasteiger partial charge in [-0.2, -0.15) is 0 Å². The van der Waals surface area contributed by atoms with E-state index in [1.807, 2.05) is 56.3 Å². The number of hydrogen-bond donors (Lipinski definition) is 2. The van der Waals surface area contributed by atoms with Crippen molar-refractivity contribution in [1.82, 2.24) is 10.3 Å². The summed E-state index contributed by atoms with van der Waals surface area (Å²) in [5, 5.41) is 5.70. The number of para-hydroxylation sites is 1. The van der Waals surface area contributed by atoms with Gasteiger partial charge in [-0.3, -0.25) is 9.59 Å². The van der Waals surface area contributed by atoms with E-state index in [1.165, 1.54) is 0 Å². The third-order valence-corrected chi connectivity index (χ3v) is 4.55. The number of anilines is 1. The number of carbonyl (C=O) groups is 2. The molecule has 148 valence electrons. The highest BCUT2D eigenvalue weighted by Gasteiger charge is 2.14. The molecule has 3 aromatic rings. The smallest absolute Gasteiger partial charge is 0.274 e. The molecule has 6 heteroatoms. The van der Waals surface area contributed by atoms with Gasteiger partial charge in [0.2, 0.25) is 0 Å². The van der Waals surface area contributed by atoms with Gasteiger partial charge in [-0.05, 0) is 54.8 Å². The summed E-state index contributed by atoms with van der Waals surface area (Å²) in [7, 11) is 1.60. The van der Waals surface area contributed by atoms with Gasteiger partial charge in [-0.1, -0.05) is 36.4 Å². The molecule has 2 amide bonds. The maximum Gasteiger partial charge on any atom is 0.274 e. The molecule has 0 fully saturated rings. The molecule has 29 heavy (non-hydrogen) atoms. The average Bonchev–Trinajstić information content (AvgIpc) is 2.75. The molecule has 0 bridgehead atoms. The number of rotatable bonds is 6. The first-order chi connectivity index (χ1) is 14.0. The summed E-state index contributed by atoms with van der Waals surface area (Å²) >= 11 is 0. The fraction of sp³-hybridized carbons (Fsp3) is 0.174. The minimum absolute atomic E-state index is 0.185. The molecule has 0 radical (unpaired) electrons.